The van der Waals surface area contributed by atoms with Crippen LogP contribution in [-0.4, -0.2) is 67.9 Å². The van der Waals surface area contributed by atoms with Crippen LogP contribution < -0.4 is 11.3 Å². The van der Waals surface area contributed by atoms with E-state index in [1.165, 1.54) is 0 Å². The van der Waals surface area contributed by atoms with Crippen LogP contribution in [0.25, 0.3) is 0 Å². The van der Waals surface area contributed by atoms with Crippen molar-refractivity contribution in [2.24, 2.45) is 5.84 Å². The van der Waals surface area contributed by atoms with Crippen LogP contribution >= 0.6 is 0 Å². The number of aliphatic hydroxyl groups is 5. The molecule has 0 aromatic rings. The molecule has 0 aliphatic carbocycles. The number of hydrogen-bond donors (Lipinski definition) is 7. The normalized spacial score (nSPS) is 18.3. The van der Waals surface area contributed by atoms with Gasteiger partial charge in [0.05, 0.1) is 6.61 Å². The first-order valence-corrected chi connectivity index (χ1v) is 3.79. The smallest absolute Gasteiger partial charge is 0.265 e. The Morgan fingerprint density at radius 2 is 1.67 bits per heavy atom. The molecule has 0 aliphatic heterocycles. The fourth-order valence-electron chi connectivity index (χ4n) is 0.763. The molecule has 0 aliphatic rings. The zero-order chi connectivity index (χ0) is 11.3. The van der Waals surface area contributed by atoms with E-state index in [0.29, 0.717) is 0 Å². The van der Waals surface area contributed by atoms with Crippen molar-refractivity contribution in [3.05, 3.63) is 0 Å². The summed E-state index contributed by atoms with van der Waals surface area (Å²) >= 11 is 0. The van der Waals surface area contributed by atoms with Gasteiger partial charge in [-0.15, -0.1) is 0 Å². The summed E-state index contributed by atoms with van der Waals surface area (Å²) < 4.78 is 0. The number of carbonyl (C=O) groups excluding carboxylic acids is 1. The number of nitrogens with two attached hydrogens (primary N) is 1. The zero-order valence-corrected chi connectivity index (χ0v) is 7.74. The standard InChI is InChI=1S/C6H14N2O6.H2O/c7-8-6(14)5(13)4(12)3(11)2(10)1-9;/h2-5,9-13H,1,7H2,(H,8,14);1H2/t2-,3-,4+,5-;/m1./s1. The highest BCUT2D eigenvalue weighted by atomic mass is 16.4. The van der Waals surface area contributed by atoms with Crippen molar-refractivity contribution < 1.29 is 35.8 Å². The van der Waals surface area contributed by atoms with Crippen molar-refractivity contribution >= 4 is 5.91 Å². The minimum atomic E-state index is -1.98. The quantitative estimate of drug-likeness (QED) is 0.139. The van der Waals surface area contributed by atoms with Gasteiger partial charge in [0, 0.05) is 0 Å². The maximum absolute atomic E-state index is 10.7. The van der Waals surface area contributed by atoms with Crippen LogP contribution in [0.15, 0.2) is 0 Å². The van der Waals surface area contributed by atoms with Gasteiger partial charge in [-0.3, -0.25) is 10.2 Å². The fraction of sp³-hybridized carbons (Fsp3) is 0.833. The van der Waals surface area contributed by atoms with E-state index in [2.05, 4.69) is 5.84 Å². The fourth-order valence-corrected chi connectivity index (χ4v) is 0.763. The molecule has 0 aromatic heterocycles. The van der Waals surface area contributed by atoms with Gasteiger partial charge in [-0.05, 0) is 0 Å². The monoisotopic (exact) mass is 228 g/mol. The number of carbonyl (C=O) groups is 1. The lowest BCUT2D eigenvalue weighted by Gasteiger charge is -2.24. The van der Waals surface area contributed by atoms with E-state index >= 15 is 0 Å². The second-order valence-corrected chi connectivity index (χ2v) is 2.68. The minimum Gasteiger partial charge on any atom is -0.412 e. The molecule has 92 valence electrons. The Kier molecular flexibility index (Phi) is 8.28. The van der Waals surface area contributed by atoms with Gasteiger partial charge in [0.1, 0.15) is 18.3 Å². The third-order valence-electron chi connectivity index (χ3n) is 1.67. The molecule has 0 bridgehead atoms. The third-order valence-corrected chi connectivity index (χ3v) is 1.67. The zero-order valence-electron chi connectivity index (χ0n) is 7.74. The number of aliphatic hydroxyl groups excluding tert-OH is 5. The van der Waals surface area contributed by atoms with Gasteiger partial charge in [0.2, 0.25) is 0 Å². The lowest BCUT2D eigenvalue weighted by molar-refractivity contribution is -0.148. The summed E-state index contributed by atoms with van der Waals surface area (Å²) in [5.74, 6) is 3.55. The van der Waals surface area contributed by atoms with Gasteiger partial charge in [-0.2, -0.15) is 0 Å². The maximum atomic E-state index is 10.7. The Bertz CT molecular complexity index is 190. The Balaban J connectivity index is 0. The summed E-state index contributed by atoms with van der Waals surface area (Å²) in [7, 11) is 0. The molecule has 0 rings (SSSR count). The highest BCUT2D eigenvalue weighted by Crippen LogP contribution is 2.04. The summed E-state index contributed by atoms with van der Waals surface area (Å²) in [4.78, 5) is 10.7. The predicted octanol–water partition coefficient (Wildman–Crippen LogP) is -5.41. The van der Waals surface area contributed by atoms with Crippen LogP contribution in [0.4, 0.5) is 0 Å². The van der Waals surface area contributed by atoms with E-state index in [1.807, 2.05) is 0 Å². The predicted molar refractivity (Wildman–Crippen MR) is 47.1 cm³/mol. The van der Waals surface area contributed by atoms with Crippen molar-refractivity contribution in [3.63, 3.8) is 0 Å². The van der Waals surface area contributed by atoms with Crippen LogP contribution in [-0.2, 0) is 4.79 Å². The Labute approximate surface area is 85.0 Å². The highest BCUT2D eigenvalue weighted by molar-refractivity contribution is 5.80. The van der Waals surface area contributed by atoms with Crippen molar-refractivity contribution in [2.75, 3.05) is 6.61 Å². The van der Waals surface area contributed by atoms with Crippen molar-refractivity contribution in [1.29, 1.82) is 0 Å². The Hall–Kier alpha value is -0.810. The summed E-state index contributed by atoms with van der Waals surface area (Å²) in [6.45, 7) is -0.810. The average molecular weight is 228 g/mol. The number of hydrogen-bond acceptors (Lipinski definition) is 7. The number of amides is 1. The van der Waals surface area contributed by atoms with Crippen LogP contribution in [0.5, 0.6) is 0 Å². The molecule has 4 atom stereocenters. The first kappa shape index (κ1) is 16.6. The average Bonchev–Trinajstić information content (AvgIpc) is 2.23. The first-order valence-electron chi connectivity index (χ1n) is 3.79. The van der Waals surface area contributed by atoms with Gasteiger partial charge < -0.3 is 31.0 Å². The van der Waals surface area contributed by atoms with Crippen LogP contribution in [0, 0.1) is 0 Å². The SMILES string of the molecule is NNC(=O)[C@H](O)[C@@H](O)[C@H](O)[C@H](O)CO.O. The summed E-state index contributed by atoms with van der Waals surface area (Å²) in [5, 5.41) is 44.4. The summed E-state index contributed by atoms with van der Waals surface area (Å²) in [5.41, 5.74) is 1.55. The third kappa shape index (κ3) is 4.48. The van der Waals surface area contributed by atoms with Gasteiger partial charge in [0.25, 0.3) is 5.91 Å². The van der Waals surface area contributed by atoms with E-state index in [4.69, 9.17) is 25.5 Å². The van der Waals surface area contributed by atoms with E-state index in [0.717, 1.165) is 0 Å². The molecule has 9 heteroatoms. The molecule has 10 N–H and O–H groups in total. The molecule has 0 unspecified atom stereocenters. The molecule has 1 amide bonds. The lowest BCUT2D eigenvalue weighted by atomic mass is 10.0. The Morgan fingerprint density at radius 3 is 2.00 bits per heavy atom. The second-order valence-electron chi connectivity index (χ2n) is 2.68. The Morgan fingerprint density at radius 1 is 1.20 bits per heavy atom. The number of nitrogens with one attached hydrogen (secondary N) is 1. The van der Waals surface area contributed by atoms with Crippen LogP contribution in [0.2, 0.25) is 0 Å². The van der Waals surface area contributed by atoms with E-state index < -0.39 is 36.9 Å². The lowest BCUT2D eigenvalue weighted by Crippen LogP contribution is -2.52. The van der Waals surface area contributed by atoms with Gasteiger partial charge >= 0.3 is 0 Å². The van der Waals surface area contributed by atoms with Gasteiger partial charge in [-0.25, -0.2) is 5.84 Å². The van der Waals surface area contributed by atoms with E-state index in [9.17, 15) is 4.79 Å². The first-order chi connectivity index (χ1) is 6.45. The highest BCUT2D eigenvalue weighted by Gasteiger charge is 2.33. The molecule has 0 aromatic carbocycles. The van der Waals surface area contributed by atoms with E-state index in [1.54, 1.807) is 5.43 Å². The number of hydrazine groups is 1. The molecule has 0 spiro atoms. The van der Waals surface area contributed by atoms with Crippen LogP contribution in [0.1, 0.15) is 0 Å². The van der Waals surface area contributed by atoms with Crippen molar-refractivity contribution in [1.82, 2.24) is 5.43 Å². The van der Waals surface area contributed by atoms with Crippen LogP contribution in [0.3, 0.4) is 0 Å². The van der Waals surface area contributed by atoms with E-state index in [-0.39, 0.29) is 5.48 Å². The number of rotatable bonds is 5. The molecule has 0 radical (unpaired) electrons. The molecule has 0 saturated carbocycles. The summed E-state index contributed by atoms with van der Waals surface area (Å²) in [6, 6.07) is 0. The molecule has 0 saturated heterocycles. The maximum Gasteiger partial charge on any atom is 0.265 e. The van der Waals surface area contributed by atoms with Gasteiger partial charge in [0.15, 0.2) is 6.10 Å². The second kappa shape index (κ2) is 7.48. The molecule has 15 heavy (non-hydrogen) atoms. The molecular weight excluding hydrogens is 212 g/mol. The molecule has 0 heterocycles. The topological polar surface area (TPSA) is 188 Å². The summed E-state index contributed by atoms with van der Waals surface area (Å²) in [6.07, 6.45) is -7.39. The molecule has 9 nitrogen and oxygen atoms in total. The minimum absolute atomic E-state index is 0. The van der Waals surface area contributed by atoms with Gasteiger partial charge in [-0.1, -0.05) is 0 Å². The molecular formula is C6H16N2O7. The van der Waals surface area contributed by atoms with Crippen molar-refractivity contribution in [3.8, 4) is 0 Å². The largest absolute Gasteiger partial charge is 0.412 e. The molecule has 0 fully saturated rings. The van der Waals surface area contributed by atoms with Crippen molar-refractivity contribution in [2.45, 2.75) is 24.4 Å².